The molecule has 0 amide bonds. The van der Waals surface area contributed by atoms with Crippen LogP contribution in [-0.4, -0.2) is 13.7 Å². The summed E-state index contributed by atoms with van der Waals surface area (Å²) in [7, 11) is -3.07. The molecule has 2 saturated carbocycles. The molecular formula is C13H16O2S. The average Bonchev–Trinajstić information content (AvgIpc) is 2.92. The van der Waals surface area contributed by atoms with Gasteiger partial charge in [0.25, 0.3) is 0 Å². The summed E-state index contributed by atoms with van der Waals surface area (Å²) in [5.74, 6) is 1.10. The molecule has 16 heavy (non-hydrogen) atoms. The van der Waals surface area contributed by atoms with Gasteiger partial charge in [-0.1, -0.05) is 24.6 Å². The van der Waals surface area contributed by atoms with Crippen LogP contribution in [0.4, 0.5) is 0 Å². The first kappa shape index (κ1) is 10.3. The lowest BCUT2D eigenvalue weighted by Crippen LogP contribution is -2.27. The minimum absolute atomic E-state index is 0.103. The van der Waals surface area contributed by atoms with Crippen LogP contribution in [0, 0.1) is 11.8 Å². The van der Waals surface area contributed by atoms with E-state index in [0.717, 1.165) is 19.3 Å². The Morgan fingerprint density at radius 2 is 1.75 bits per heavy atom. The Hall–Kier alpha value is -0.830. The summed E-state index contributed by atoms with van der Waals surface area (Å²) in [6, 6.07) is 8.92. The lowest BCUT2D eigenvalue weighted by molar-refractivity contribution is 0.465. The van der Waals surface area contributed by atoms with Crippen LogP contribution < -0.4 is 0 Å². The number of fused-ring (bicyclic) bond motifs is 2. The summed E-state index contributed by atoms with van der Waals surface area (Å²) < 4.78 is 24.8. The lowest BCUT2D eigenvalue weighted by atomic mass is 10.0. The van der Waals surface area contributed by atoms with Gasteiger partial charge in [0.1, 0.15) is 0 Å². The van der Waals surface area contributed by atoms with E-state index in [0.29, 0.717) is 16.7 Å². The Morgan fingerprint density at radius 3 is 2.31 bits per heavy atom. The Labute approximate surface area is 96.6 Å². The standard InChI is InChI=1S/C13H16O2S/c14-16(15,12-4-2-1-3-5-12)13-9-10-6-7-11(13)8-10/h1-5,10-11,13H,6-9H2/t10-,11+,13-/m0/s1. The van der Waals surface area contributed by atoms with Gasteiger partial charge < -0.3 is 0 Å². The smallest absolute Gasteiger partial charge is 0.181 e. The lowest BCUT2D eigenvalue weighted by Gasteiger charge is -2.21. The zero-order valence-electron chi connectivity index (χ0n) is 9.17. The van der Waals surface area contributed by atoms with Crippen molar-refractivity contribution in [3.05, 3.63) is 30.3 Å². The van der Waals surface area contributed by atoms with Gasteiger partial charge in [0, 0.05) is 0 Å². The minimum atomic E-state index is -3.07. The summed E-state index contributed by atoms with van der Waals surface area (Å²) >= 11 is 0. The quantitative estimate of drug-likeness (QED) is 0.791. The first-order chi connectivity index (χ1) is 7.68. The number of rotatable bonds is 2. The van der Waals surface area contributed by atoms with Crippen molar-refractivity contribution >= 4 is 9.84 Å². The summed E-state index contributed by atoms with van der Waals surface area (Å²) in [4.78, 5) is 0.507. The molecule has 2 nitrogen and oxygen atoms in total. The van der Waals surface area contributed by atoms with Crippen molar-refractivity contribution in [2.45, 2.75) is 35.8 Å². The Morgan fingerprint density at radius 1 is 1.00 bits per heavy atom. The van der Waals surface area contributed by atoms with Gasteiger partial charge >= 0.3 is 0 Å². The Bertz CT molecular complexity index is 478. The molecule has 0 radical (unpaired) electrons. The second kappa shape index (κ2) is 3.59. The van der Waals surface area contributed by atoms with Gasteiger partial charge in [-0.15, -0.1) is 0 Å². The summed E-state index contributed by atoms with van der Waals surface area (Å²) in [6.45, 7) is 0. The molecule has 3 rings (SSSR count). The van der Waals surface area contributed by atoms with E-state index in [1.54, 1.807) is 24.3 Å². The number of hydrogen-bond donors (Lipinski definition) is 0. The van der Waals surface area contributed by atoms with Gasteiger partial charge in [-0.3, -0.25) is 0 Å². The predicted molar refractivity (Wildman–Crippen MR) is 62.9 cm³/mol. The van der Waals surface area contributed by atoms with Crippen molar-refractivity contribution < 1.29 is 8.42 Å². The molecule has 1 aromatic rings. The van der Waals surface area contributed by atoms with Gasteiger partial charge in [-0.05, 0) is 43.2 Å². The van der Waals surface area contributed by atoms with Gasteiger partial charge in [-0.2, -0.15) is 0 Å². The molecule has 0 N–H and O–H groups in total. The van der Waals surface area contributed by atoms with Crippen molar-refractivity contribution in [3.63, 3.8) is 0 Å². The average molecular weight is 236 g/mol. The highest BCUT2D eigenvalue weighted by Gasteiger charge is 2.46. The third-order valence-corrected chi connectivity index (χ3v) is 6.45. The molecule has 0 aliphatic heterocycles. The third-order valence-electron chi connectivity index (χ3n) is 4.14. The molecule has 2 aliphatic rings. The normalized spacial score (nSPS) is 33.1. The maximum atomic E-state index is 12.4. The number of benzene rings is 1. The van der Waals surface area contributed by atoms with Crippen molar-refractivity contribution in [2.24, 2.45) is 11.8 Å². The third kappa shape index (κ3) is 1.49. The second-order valence-corrected chi connectivity index (χ2v) is 7.24. The zero-order chi connectivity index (χ0) is 11.2. The highest BCUT2D eigenvalue weighted by molar-refractivity contribution is 7.92. The monoisotopic (exact) mass is 236 g/mol. The van der Waals surface area contributed by atoms with Crippen LogP contribution in [0.5, 0.6) is 0 Å². The van der Waals surface area contributed by atoms with Gasteiger partial charge in [-0.25, -0.2) is 8.42 Å². The van der Waals surface area contributed by atoms with E-state index in [-0.39, 0.29) is 5.25 Å². The maximum absolute atomic E-state index is 12.4. The van der Waals surface area contributed by atoms with Crippen molar-refractivity contribution in [1.82, 2.24) is 0 Å². The van der Waals surface area contributed by atoms with Gasteiger partial charge in [0.15, 0.2) is 9.84 Å². The Balaban J connectivity index is 1.95. The molecule has 3 heteroatoms. The molecule has 2 bridgehead atoms. The van der Waals surface area contributed by atoms with Crippen LogP contribution >= 0.6 is 0 Å². The fraction of sp³-hybridized carbons (Fsp3) is 0.538. The fourth-order valence-electron chi connectivity index (χ4n) is 3.35. The Kier molecular flexibility index (Phi) is 2.32. The minimum Gasteiger partial charge on any atom is -0.223 e. The van der Waals surface area contributed by atoms with Crippen LogP contribution in [0.15, 0.2) is 35.2 Å². The molecule has 0 spiro atoms. The van der Waals surface area contributed by atoms with E-state index in [9.17, 15) is 8.42 Å². The molecular weight excluding hydrogens is 220 g/mol. The summed E-state index contributed by atoms with van der Waals surface area (Å²) in [5.41, 5.74) is 0. The SMILES string of the molecule is O=S(=O)(c1ccccc1)[C@H]1C[C@H]2CC[C@@H]1C2. The second-order valence-electron chi connectivity index (χ2n) is 5.07. The van der Waals surface area contributed by atoms with E-state index in [4.69, 9.17) is 0 Å². The molecule has 2 aliphatic carbocycles. The molecule has 0 saturated heterocycles. The summed E-state index contributed by atoms with van der Waals surface area (Å²) in [5, 5.41) is -0.103. The molecule has 0 unspecified atom stereocenters. The highest BCUT2D eigenvalue weighted by Crippen LogP contribution is 2.48. The maximum Gasteiger partial charge on any atom is 0.181 e. The van der Waals surface area contributed by atoms with Crippen molar-refractivity contribution in [2.75, 3.05) is 0 Å². The number of sulfone groups is 1. The first-order valence-corrected chi connectivity index (χ1v) is 7.51. The summed E-state index contributed by atoms with van der Waals surface area (Å²) in [6.07, 6.45) is 4.38. The van der Waals surface area contributed by atoms with Gasteiger partial charge in [0.05, 0.1) is 10.1 Å². The van der Waals surface area contributed by atoms with E-state index in [1.165, 1.54) is 6.42 Å². The van der Waals surface area contributed by atoms with Crippen LogP contribution in [0.25, 0.3) is 0 Å². The highest BCUT2D eigenvalue weighted by atomic mass is 32.2. The molecule has 0 aromatic heterocycles. The predicted octanol–water partition coefficient (Wildman–Crippen LogP) is 2.65. The van der Waals surface area contributed by atoms with Crippen LogP contribution in [0.2, 0.25) is 0 Å². The zero-order valence-corrected chi connectivity index (χ0v) is 9.99. The van der Waals surface area contributed by atoms with Crippen molar-refractivity contribution in [3.8, 4) is 0 Å². The molecule has 0 heterocycles. The van der Waals surface area contributed by atoms with Crippen molar-refractivity contribution in [1.29, 1.82) is 0 Å². The van der Waals surface area contributed by atoms with E-state index >= 15 is 0 Å². The largest absolute Gasteiger partial charge is 0.223 e. The number of hydrogen-bond acceptors (Lipinski definition) is 2. The first-order valence-electron chi connectivity index (χ1n) is 5.97. The van der Waals surface area contributed by atoms with Crippen LogP contribution in [-0.2, 0) is 9.84 Å². The molecule has 2 fully saturated rings. The van der Waals surface area contributed by atoms with Gasteiger partial charge in [0.2, 0.25) is 0 Å². The van der Waals surface area contributed by atoms with Crippen LogP contribution in [0.3, 0.4) is 0 Å². The molecule has 3 atom stereocenters. The fourth-order valence-corrected chi connectivity index (χ4v) is 5.52. The molecule has 1 aromatic carbocycles. The molecule has 86 valence electrons. The van der Waals surface area contributed by atoms with E-state index < -0.39 is 9.84 Å². The van der Waals surface area contributed by atoms with E-state index in [2.05, 4.69) is 0 Å². The topological polar surface area (TPSA) is 34.1 Å². The van der Waals surface area contributed by atoms with E-state index in [1.807, 2.05) is 6.07 Å². The van der Waals surface area contributed by atoms with Crippen LogP contribution in [0.1, 0.15) is 25.7 Å².